The van der Waals surface area contributed by atoms with E-state index in [1.165, 1.54) is 30.0 Å². The maximum absolute atomic E-state index is 14.1. The lowest BCUT2D eigenvalue weighted by Gasteiger charge is -2.13. The van der Waals surface area contributed by atoms with Gasteiger partial charge < -0.3 is 0 Å². The third-order valence-electron chi connectivity index (χ3n) is 3.59. The molecule has 108 valence electrons. The van der Waals surface area contributed by atoms with Crippen LogP contribution in [-0.4, -0.2) is 4.58 Å². The van der Waals surface area contributed by atoms with Crippen LogP contribution in [0.15, 0.2) is 48.5 Å². The standard InChI is InChI=1S/C17H14F2S2/c1-10-4-2-7-14(19)16(10)15-9-13(17(20)21-15)11-5-3-6-12(18)8-11/h2-9,13,17,20H,1H3. The molecule has 0 N–H and O–H groups in total. The minimum absolute atomic E-state index is 0.0250. The summed E-state index contributed by atoms with van der Waals surface area (Å²) in [5.74, 6) is -0.515. The first kappa shape index (κ1) is 14.7. The molecule has 0 nitrogen and oxygen atoms in total. The van der Waals surface area contributed by atoms with Crippen LogP contribution in [-0.2, 0) is 0 Å². The summed E-state index contributed by atoms with van der Waals surface area (Å²) in [5.41, 5.74) is 2.39. The predicted molar refractivity (Wildman–Crippen MR) is 88.6 cm³/mol. The van der Waals surface area contributed by atoms with Crippen molar-refractivity contribution in [2.45, 2.75) is 17.4 Å². The number of thiol groups is 1. The van der Waals surface area contributed by atoms with Gasteiger partial charge in [-0.1, -0.05) is 30.3 Å². The van der Waals surface area contributed by atoms with Gasteiger partial charge >= 0.3 is 0 Å². The number of benzene rings is 2. The van der Waals surface area contributed by atoms with Crippen LogP contribution < -0.4 is 0 Å². The highest BCUT2D eigenvalue weighted by atomic mass is 32.2. The van der Waals surface area contributed by atoms with Gasteiger partial charge in [0.15, 0.2) is 0 Å². The van der Waals surface area contributed by atoms with E-state index in [9.17, 15) is 8.78 Å². The van der Waals surface area contributed by atoms with Crippen LogP contribution in [0.3, 0.4) is 0 Å². The van der Waals surface area contributed by atoms with Crippen LogP contribution in [0.2, 0.25) is 0 Å². The van der Waals surface area contributed by atoms with Crippen LogP contribution in [0.25, 0.3) is 4.91 Å². The molecule has 0 saturated heterocycles. The van der Waals surface area contributed by atoms with Gasteiger partial charge in [0.1, 0.15) is 11.6 Å². The summed E-state index contributed by atoms with van der Waals surface area (Å²) < 4.78 is 27.4. The van der Waals surface area contributed by atoms with Gasteiger partial charge in [-0.15, -0.1) is 11.8 Å². The normalized spacial score (nSPS) is 21.4. The molecule has 2 aromatic carbocycles. The summed E-state index contributed by atoms with van der Waals surface area (Å²) in [4.78, 5) is 0.875. The van der Waals surface area contributed by atoms with Crippen molar-refractivity contribution in [1.29, 1.82) is 0 Å². The van der Waals surface area contributed by atoms with Crippen molar-refractivity contribution in [2.24, 2.45) is 0 Å². The van der Waals surface area contributed by atoms with E-state index in [-0.39, 0.29) is 22.1 Å². The number of aryl methyl sites for hydroxylation is 1. The number of allylic oxidation sites excluding steroid dienone is 1. The van der Waals surface area contributed by atoms with E-state index in [1.807, 2.05) is 25.1 Å². The minimum Gasteiger partial charge on any atom is -0.207 e. The number of hydrogen-bond acceptors (Lipinski definition) is 2. The first-order valence-corrected chi connectivity index (χ1v) is 8.03. The molecule has 4 heteroatoms. The maximum Gasteiger partial charge on any atom is 0.131 e. The zero-order chi connectivity index (χ0) is 15.0. The van der Waals surface area contributed by atoms with Gasteiger partial charge in [0.05, 0.1) is 4.58 Å². The molecular weight excluding hydrogens is 306 g/mol. The third-order valence-corrected chi connectivity index (χ3v) is 5.35. The Kier molecular flexibility index (Phi) is 4.09. The smallest absolute Gasteiger partial charge is 0.131 e. The molecule has 2 aromatic rings. The quantitative estimate of drug-likeness (QED) is 0.723. The Morgan fingerprint density at radius 1 is 1.10 bits per heavy atom. The van der Waals surface area contributed by atoms with Gasteiger partial charge in [0, 0.05) is 16.4 Å². The van der Waals surface area contributed by atoms with E-state index in [1.54, 1.807) is 12.1 Å². The third kappa shape index (κ3) is 2.87. The van der Waals surface area contributed by atoms with E-state index in [4.69, 9.17) is 0 Å². The largest absolute Gasteiger partial charge is 0.207 e. The molecule has 0 bridgehead atoms. The van der Waals surface area contributed by atoms with E-state index in [0.717, 1.165) is 16.0 Å². The van der Waals surface area contributed by atoms with Gasteiger partial charge in [0.25, 0.3) is 0 Å². The first-order valence-electron chi connectivity index (χ1n) is 6.64. The average Bonchev–Trinajstić information content (AvgIpc) is 2.80. The molecule has 1 aliphatic rings. The van der Waals surface area contributed by atoms with E-state index >= 15 is 0 Å². The van der Waals surface area contributed by atoms with Crippen LogP contribution in [0.4, 0.5) is 8.78 Å². The lowest BCUT2D eigenvalue weighted by atomic mass is 9.98. The fourth-order valence-corrected chi connectivity index (χ4v) is 4.39. The predicted octanol–water partition coefficient (Wildman–Crippen LogP) is 5.40. The van der Waals surface area contributed by atoms with Gasteiger partial charge in [-0.25, -0.2) is 8.78 Å². The summed E-state index contributed by atoms with van der Waals surface area (Å²) >= 11 is 6.10. The summed E-state index contributed by atoms with van der Waals surface area (Å²) in [7, 11) is 0. The number of rotatable bonds is 2. The molecule has 0 saturated carbocycles. The fourth-order valence-electron chi connectivity index (χ4n) is 2.55. The van der Waals surface area contributed by atoms with Crippen molar-refractivity contribution in [1.82, 2.24) is 0 Å². The minimum atomic E-state index is -0.262. The highest BCUT2D eigenvalue weighted by Crippen LogP contribution is 2.49. The second kappa shape index (κ2) is 5.85. The Bertz CT molecular complexity index is 689. The summed E-state index contributed by atoms with van der Waals surface area (Å²) in [5, 5.41) is 0. The Hall–Kier alpha value is -1.26. The number of thioether (sulfide) groups is 1. The molecule has 1 heterocycles. The van der Waals surface area contributed by atoms with Crippen LogP contribution in [0.5, 0.6) is 0 Å². The molecule has 0 aliphatic carbocycles. The van der Waals surface area contributed by atoms with E-state index in [0.29, 0.717) is 5.56 Å². The van der Waals surface area contributed by atoms with Crippen molar-refractivity contribution >= 4 is 29.3 Å². The lowest BCUT2D eigenvalue weighted by molar-refractivity contribution is 0.623. The van der Waals surface area contributed by atoms with Crippen LogP contribution >= 0.6 is 24.4 Å². The van der Waals surface area contributed by atoms with Crippen LogP contribution in [0, 0.1) is 18.6 Å². The molecule has 2 unspecified atom stereocenters. The van der Waals surface area contributed by atoms with Crippen LogP contribution in [0.1, 0.15) is 22.6 Å². The summed E-state index contributed by atoms with van der Waals surface area (Å²) in [6, 6.07) is 11.6. The zero-order valence-electron chi connectivity index (χ0n) is 11.4. The number of halogens is 2. The molecule has 0 aromatic heterocycles. The maximum atomic E-state index is 14.1. The Labute approximate surface area is 132 Å². The molecule has 21 heavy (non-hydrogen) atoms. The van der Waals surface area contributed by atoms with E-state index in [2.05, 4.69) is 12.6 Å². The summed E-state index contributed by atoms with van der Waals surface area (Å²) in [6.07, 6.45) is 1.99. The van der Waals surface area contributed by atoms with Gasteiger partial charge in [-0.2, -0.15) is 12.6 Å². The highest BCUT2D eigenvalue weighted by Gasteiger charge is 2.29. The van der Waals surface area contributed by atoms with Crippen molar-refractivity contribution in [3.05, 3.63) is 76.9 Å². The van der Waals surface area contributed by atoms with Crippen molar-refractivity contribution in [3.8, 4) is 0 Å². The summed E-state index contributed by atoms with van der Waals surface area (Å²) in [6.45, 7) is 1.89. The second-order valence-electron chi connectivity index (χ2n) is 5.05. The number of hydrogen-bond donors (Lipinski definition) is 1. The molecule has 0 fully saturated rings. The molecule has 0 spiro atoms. The zero-order valence-corrected chi connectivity index (χ0v) is 13.1. The Morgan fingerprint density at radius 3 is 2.57 bits per heavy atom. The van der Waals surface area contributed by atoms with Crippen molar-refractivity contribution in [2.75, 3.05) is 0 Å². The Balaban J connectivity index is 2.01. The van der Waals surface area contributed by atoms with Crippen molar-refractivity contribution < 1.29 is 8.78 Å². The lowest BCUT2D eigenvalue weighted by Crippen LogP contribution is -2.02. The monoisotopic (exact) mass is 320 g/mol. The SMILES string of the molecule is Cc1cccc(F)c1C1=CC(c2cccc(F)c2)C(S)S1. The topological polar surface area (TPSA) is 0 Å². The van der Waals surface area contributed by atoms with E-state index < -0.39 is 0 Å². The average molecular weight is 320 g/mol. The van der Waals surface area contributed by atoms with Gasteiger partial charge in [-0.05, 0) is 36.2 Å². The second-order valence-corrected chi connectivity index (χ2v) is 7.14. The van der Waals surface area contributed by atoms with Gasteiger partial charge in [0.2, 0.25) is 0 Å². The molecule has 0 radical (unpaired) electrons. The molecule has 3 rings (SSSR count). The van der Waals surface area contributed by atoms with Gasteiger partial charge in [-0.3, -0.25) is 0 Å². The molecule has 0 amide bonds. The fraction of sp³-hybridized carbons (Fsp3) is 0.176. The molecule has 1 aliphatic heterocycles. The molecular formula is C17H14F2S2. The Morgan fingerprint density at radius 2 is 1.86 bits per heavy atom. The highest BCUT2D eigenvalue weighted by molar-refractivity contribution is 8.17. The first-order chi connectivity index (χ1) is 10.1. The van der Waals surface area contributed by atoms with Crippen molar-refractivity contribution in [3.63, 3.8) is 0 Å². The molecule has 2 atom stereocenters.